The van der Waals surface area contributed by atoms with Crippen molar-refractivity contribution in [2.45, 2.75) is 6.61 Å². The van der Waals surface area contributed by atoms with E-state index in [0.717, 1.165) is 11.4 Å². The highest BCUT2D eigenvalue weighted by molar-refractivity contribution is 6.02. The number of amides is 1. The number of anilines is 1. The highest BCUT2D eigenvalue weighted by Crippen LogP contribution is 2.24. The number of piperazine rings is 1. The Morgan fingerprint density at radius 3 is 2.37 bits per heavy atom. The van der Waals surface area contributed by atoms with Crippen molar-refractivity contribution in [3.8, 4) is 17.6 Å². The van der Waals surface area contributed by atoms with Gasteiger partial charge in [0.25, 0.3) is 5.91 Å². The minimum absolute atomic E-state index is 0.0858. The van der Waals surface area contributed by atoms with E-state index < -0.39 is 12.5 Å². The lowest BCUT2D eigenvalue weighted by Gasteiger charge is -2.36. The number of halogens is 2. The Kier molecular flexibility index (Phi) is 6.86. The zero-order valence-corrected chi connectivity index (χ0v) is 16.4. The van der Waals surface area contributed by atoms with E-state index in [1.54, 1.807) is 24.1 Å². The van der Waals surface area contributed by atoms with Gasteiger partial charge in [-0.1, -0.05) is 18.2 Å². The number of carbonyl (C=O) groups excluding carboxylic acids is 1. The monoisotopic (exact) mass is 413 g/mol. The first-order valence-electron chi connectivity index (χ1n) is 9.35. The number of carbonyl (C=O) groups is 1. The summed E-state index contributed by atoms with van der Waals surface area (Å²) in [6.07, 6.45) is 1.29. The van der Waals surface area contributed by atoms with Gasteiger partial charge in [-0.2, -0.15) is 14.0 Å². The number of benzene rings is 2. The first-order valence-corrected chi connectivity index (χ1v) is 9.35. The predicted molar refractivity (Wildman–Crippen MR) is 108 cm³/mol. The second kappa shape index (κ2) is 9.74. The normalized spacial score (nSPS) is 14.4. The van der Waals surface area contributed by atoms with Crippen molar-refractivity contribution in [1.82, 2.24) is 4.90 Å². The van der Waals surface area contributed by atoms with Crippen molar-refractivity contribution in [1.29, 1.82) is 5.26 Å². The van der Waals surface area contributed by atoms with E-state index in [1.165, 1.54) is 18.2 Å². The molecule has 1 saturated heterocycles. The smallest absolute Gasteiger partial charge is 0.387 e. The zero-order valence-electron chi connectivity index (χ0n) is 16.4. The summed E-state index contributed by atoms with van der Waals surface area (Å²) in [4.78, 5) is 16.5. The van der Waals surface area contributed by atoms with E-state index in [-0.39, 0.29) is 16.9 Å². The van der Waals surface area contributed by atoms with Gasteiger partial charge in [-0.15, -0.1) is 0 Å². The van der Waals surface area contributed by atoms with Gasteiger partial charge in [0.15, 0.2) is 0 Å². The van der Waals surface area contributed by atoms with Gasteiger partial charge in [0.1, 0.15) is 23.1 Å². The molecule has 0 N–H and O–H groups in total. The molecule has 0 atom stereocenters. The third kappa shape index (κ3) is 5.06. The van der Waals surface area contributed by atoms with Crippen molar-refractivity contribution < 1.29 is 23.0 Å². The van der Waals surface area contributed by atoms with E-state index in [0.29, 0.717) is 26.2 Å². The maximum atomic E-state index is 12.8. The lowest BCUT2D eigenvalue weighted by Crippen LogP contribution is -2.49. The van der Waals surface area contributed by atoms with E-state index >= 15 is 0 Å². The summed E-state index contributed by atoms with van der Waals surface area (Å²) >= 11 is 0. The second-order valence-corrected chi connectivity index (χ2v) is 6.56. The van der Waals surface area contributed by atoms with Gasteiger partial charge in [0.2, 0.25) is 0 Å². The standard InChI is InChI=1S/C22H21F2N3O3/c1-29-19-8-6-18(7-9-19)26-10-12-27(13-11-26)21(28)17(15-25)14-16-4-2-3-5-20(16)30-22(23)24/h2-9,14,22H,10-13H2,1H3/b17-14+. The summed E-state index contributed by atoms with van der Waals surface area (Å²) in [6.45, 7) is -0.881. The van der Waals surface area contributed by atoms with E-state index in [1.807, 2.05) is 30.3 Å². The average Bonchev–Trinajstić information content (AvgIpc) is 2.78. The number of alkyl halides is 2. The molecule has 1 amide bonds. The van der Waals surface area contributed by atoms with Crippen LogP contribution in [0.1, 0.15) is 5.56 Å². The van der Waals surface area contributed by atoms with Crippen LogP contribution in [0.3, 0.4) is 0 Å². The molecule has 6 nitrogen and oxygen atoms in total. The van der Waals surface area contributed by atoms with Gasteiger partial charge in [0.05, 0.1) is 7.11 Å². The molecule has 3 rings (SSSR count). The molecular formula is C22H21F2N3O3. The van der Waals surface area contributed by atoms with Crippen LogP contribution in [0.15, 0.2) is 54.1 Å². The van der Waals surface area contributed by atoms with Gasteiger partial charge in [-0.25, -0.2) is 0 Å². The molecule has 0 radical (unpaired) electrons. The van der Waals surface area contributed by atoms with Crippen molar-refractivity contribution in [2.24, 2.45) is 0 Å². The number of para-hydroxylation sites is 1. The summed E-state index contributed by atoms with van der Waals surface area (Å²) in [5, 5.41) is 9.46. The number of rotatable bonds is 6. The van der Waals surface area contributed by atoms with Gasteiger partial charge in [-0.3, -0.25) is 4.79 Å². The fourth-order valence-corrected chi connectivity index (χ4v) is 3.23. The molecule has 0 aliphatic carbocycles. The Morgan fingerprint density at radius 2 is 1.77 bits per heavy atom. The molecule has 8 heteroatoms. The largest absolute Gasteiger partial charge is 0.497 e. The molecule has 30 heavy (non-hydrogen) atoms. The summed E-state index contributed by atoms with van der Waals surface area (Å²) in [7, 11) is 1.61. The maximum absolute atomic E-state index is 12.8. The van der Waals surface area contributed by atoms with Crippen molar-refractivity contribution in [3.63, 3.8) is 0 Å². The number of nitriles is 1. The second-order valence-electron chi connectivity index (χ2n) is 6.56. The Balaban J connectivity index is 1.69. The highest BCUT2D eigenvalue weighted by atomic mass is 19.3. The number of methoxy groups -OCH3 is 1. The summed E-state index contributed by atoms with van der Waals surface area (Å²) < 4.78 is 34.8. The van der Waals surface area contributed by atoms with Crippen molar-refractivity contribution in [3.05, 3.63) is 59.7 Å². The van der Waals surface area contributed by atoms with Crippen molar-refractivity contribution in [2.75, 3.05) is 38.2 Å². The molecule has 156 valence electrons. The van der Waals surface area contributed by atoms with Crippen LogP contribution < -0.4 is 14.4 Å². The molecule has 1 heterocycles. The Hall–Kier alpha value is -3.60. The molecule has 1 aliphatic rings. The third-order valence-corrected chi connectivity index (χ3v) is 4.79. The zero-order chi connectivity index (χ0) is 21.5. The number of hydrogen-bond acceptors (Lipinski definition) is 5. The van der Waals surface area contributed by atoms with Crippen LogP contribution in [0.25, 0.3) is 6.08 Å². The maximum Gasteiger partial charge on any atom is 0.387 e. The van der Waals surface area contributed by atoms with Crippen LogP contribution in [0.4, 0.5) is 14.5 Å². The lowest BCUT2D eigenvalue weighted by atomic mass is 10.1. The SMILES string of the molecule is COc1ccc(N2CCN(C(=O)/C(C#N)=C/c3ccccc3OC(F)F)CC2)cc1. The molecule has 0 spiro atoms. The quantitative estimate of drug-likeness (QED) is 0.535. The van der Waals surface area contributed by atoms with Gasteiger partial charge < -0.3 is 19.3 Å². The van der Waals surface area contributed by atoms with E-state index in [2.05, 4.69) is 9.64 Å². The minimum Gasteiger partial charge on any atom is -0.497 e. The third-order valence-electron chi connectivity index (χ3n) is 4.79. The van der Waals surface area contributed by atoms with Gasteiger partial charge >= 0.3 is 6.61 Å². The fraction of sp³-hybridized carbons (Fsp3) is 0.273. The molecule has 1 aliphatic heterocycles. The van der Waals surface area contributed by atoms with Crippen LogP contribution in [-0.2, 0) is 4.79 Å². The molecule has 0 unspecified atom stereocenters. The first-order chi connectivity index (χ1) is 14.5. The average molecular weight is 413 g/mol. The summed E-state index contributed by atoms with van der Waals surface area (Å²) in [5.41, 5.74) is 1.15. The Bertz CT molecular complexity index is 947. The van der Waals surface area contributed by atoms with E-state index in [9.17, 15) is 18.8 Å². The van der Waals surface area contributed by atoms with Crippen molar-refractivity contribution >= 4 is 17.7 Å². The molecule has 0 bridgehead atoms. The molecular weight excluding hydrogens is 392 g/mol. The fourth-order valence-electron chi connectivity index (χ4n) is 3.23. The summed E-state index contributed by atoms with van der Waals surface area (Å²) in [5.74, 6) is 0.253. The van der Waals surface area contributed by atoms with Crippen LogP contribution in [0, 0.1) is 11.3 Å². The van der Waals surface area contributed by atoms with Crippen LogP contribution in [0.2, 0.25) is 0 Å². The van der Waals surface area contributed by atoms with Crippen LogP contribution >= 0.6 is 0 Å². The Labute approximate surface area is 173 Å². The Morgan fingerprint density at radius 1 is 1.10 bits per heavy atom. The molecule has 2 aromatic rings. The molecule has 2 aromatic carbocycles. The topological polar surface area (TPSA) is 65.8 Å². The lowest BCUT2D eigenvalue weighted by molar-refractivity contribution is -0.126. The van der Waals surface area contributed by atoms with Crippen LogP contribution in [-0.4, -0.2) is 50.7 Å². The highest BCUT2D eigenvalue weighted by Gasteiger charge is 2.24. The molecule has 1 fully saturated rings. The van der Waals surface area contributed by atoms with Gasteiger partial charge in [0, 0.05) is 37.4 Å². The predicted octanol–water partition coefficient (Wildman–Crippen LogP) is 3.55. The number of ether oxygens (including phenoxy) is 2. The minimum atomic E-state index is -2.99. The molecule has 0 saturated carbocycles. The van der Waals surface area contributed by atoms with E-state index in [4.69, 9.17) is 4.74 Å². The summed E-state index contributed by atoms with van der Waals surface area (Å²) in [6, 6.07) is 15.6. The number of hydrogen-bond donors (Lipinski definition) is 0. The number of nitrogens with zero attached hydrogens (tertiary/aromatic N) is 3. The van der Waals surface area contributed by atoms with Gasteiger partial charge in [-0.05, 0) is 36.4 Å². The first kappa shape index (κ1) is 21.1. The van der Waals surface area contributed by atoms with Crippen LogP contribution in [0.5, 0.6) is 11.5 Å². The molecule has 0 aromatic heterocycles.